The molecule has 0 radical (unpaired) electrons. The predicted octanol–water partition coefficient (Wildman–Crippen LogP) is 2.92. The Morgan fingerprint density at radius 1 is 1.16 bits per heavy atom. The van der Waals surface area contributed by atoms with Crippen molar-refractivity contribution >= 4 is 32.8 Å². The largest absolute Gasteiger partial charge is 0.381 e. The van der Waals surface area contributed by atoms with E-state index in [1.165, 1.54) is 18.2 Å². The minimum atomic E-state index is -0.399. The van der Waals surface area contributed by atoms with Gasteiger partial charge in [0, 0.05) is 36.2 Å². The maximum atomic E-state index is 13.9. The first-order chi connectivity index (χ1) is 12.2. The lowest BCUT2D eigenvalue weighted by molar-refractivity contribution is 0.0698. The molecule has 0 aliphatic carbocycles. The van der Waals surface area contributed by atoms with Crippen LogP contribution in [-0.4, -0.2) is 33.0 Å². The van der Waals surface area contributed by atoms with Gasteiger partial charge in [0.1, 0.15) is 22.5 Å². The van der Waals surface area contributed by atoms with Gasteiger partial charge in [-0.3, -0.25) is 9.36 Å². The van der Waals surface area contributed by atoms with E-state index in [-0.39, 0.29) is 11.6 Å². The van der Waals surface area contributed by atoms with Crippen LogP contribution in [0.25, 0.3) is 32.8 Å². The molecule has 0 spiro atoms. The minimum absolute atomic E-state index is 0.0156. The molecule has 126 valence electrons. The van der Waals surface area contributed by atoms with E-state index in [1.54, 1.807) is 10.8 Å². The van der Waals surface area contributed by atoms with Gasteiger partial charge >= 0.3 is 0 Å². The highest BCUT2D eigenvalue weighted by Crippen LogP contribution is 2.30. The summed E-state index contributed by atoms with van der Waals surface area (Å²) in [6.07, 6.45) is 3.26. The highest BCUT2D eigenvalue weighted by molar-refractivity contribution is 6.14. The van der Waals surface area contributed by atoms with Gasteiger partial charge in [0.15, 0.2) is 0 Å². The summed E-state index contributed by atoms with van der Waals surface area (Å²) >= 11 is 0. The molecule has 0 saturated carbocycles. The third-order valence-corrected chi connectivity index (χ3v) is 4.93. The Kier molecular flexibility index (Phi) is 3.11. The third-order valence-electron chi connectivity index (χ3n) is 4.93. The van der Waals surface area contributed by atoms with Crippen LogP contribution in [-0.2, 0) is 4.74 Å². The Morgan fingerprint density at radius 2 is 2.00 bits per heavy atom. The molecule has 0 unspecified atom stereocenters. The molecule has 6 nitrogen and oxygen atoms in total. The molecule has 7 heteroatoms. The summed E-state index contributed by atoms with van der Waals surface area (Å²) in [5.74, 6) is -0.399. The van der Waals surface area contributed by atoms with Gasteiger partial charge in [-0.15, -0.1) is 10.2 Å². The molecule has 1 aromatic carbocycles. The Labute approximate surface area is 141 Å². The van der Waals surface area contributed by atoms with Gasteiger partial charge in [0.05, 0.1) is 5.39 Å². The number of aromatic amines is 1. The molecular weight excluding hydrogens is 323 g/mol. The van der Waals surface area contributed by atoms with Crippen molar-refractivity contribution in [2.24, 2.45) is 0 Å². The van der Waals surface area contributed by atoms with Crippen molar-refractivity contribution in [1.82, 2.24) is 19.7 Å². The number of hydrogen-bond acceptors (Lipinski definition) is 4. The van der Waals surface area contributed by atoms with E-state index in [0.717, 1.165) is 18.2 Å². The van der Waals surface area contributed by atoms with Crippen molar-refractivity contribution < 1.29 is 9.13 Å². The predicted molar refractivity (Wildman–Crippen MR) is 92.2 cm³/mol. The van der Waals surface area contributed by atoms with Gasteiger partial charge < -0.3 is 9.72 Å². The standard InChI is InChI=1S/C18H15FN4O2/c19-10-1-2-12-13(9-10)16-15-14(21-22-16)3-6-20-17(15)23(18(12)24)11-4-7-25-8-5-11/h1-3,6,9,11,20H,4-5,7-8H2. The number of nitrogens with zero attached hydrogens (tertiary/aromatic N) is 3. The Hall–Kier alpha value is -2.80. The van der Waals surface area contributed by atoms with Crippen LogP contribution >= 0.6 is 0 Å². The lowest BCUT2D eigenvalue weighted by atomic mass is 10.1. The van der Waals surface area contributed by atoms with E-state index >= 15 is 0 Å². The lowest BCUT2D eigenvalue weighted by Crippen LogP contribution is -2.28. The summed E-state index contributed by atoms with van der Waals surface area (Å²) in [5.41, 5.74) is 1.75. The van der Waals surface area contributed by atoms with E-state index in [9.17, 15) is 9.18 Å². The Balaban J connectivity index is 2.04. The second kappa shape index (κ2) is 5.35. The lowest BCUT2D eigenvalue weighted by Gasteiger charge is -2.24. The fourth-order valence-corrected chi connectivity index (χ4v) is 3.75. The molecule has 1 saturated heterocycles. The average molecular weight is 338 g/mol. The van der Waals surface area contributed by atoms with Gasteiger partial charge in [-0.25, -0.2) is 4.39 Å². The zero-order valence-electron chi connectivity index (χ0n) is 13.3. The number of halogens is 1. The summed E-state index contributed by atoms with van der Waals surface area (Å²) in [5, 5.41) is 10.1. The molecule has 25 heavy (non-hydrogen) atoms. The summed E-state index contributed by atoms with van der Waals surface area (Å²) < 4.78 is 21.1. The Bertz CT molecular complexity index is 1170. The quantitative estimate of drug-likeness (QED) is 0.579. The Morgan fingerprint density at radius 3 is 2.84 bits per heavy atom. The van der Waals surface area contributed by atoms with Gasteiger partial charge in [-0.1, -0.05) is 0 Å². The summed E-state index contributed by atoms with van der Waals surface area (Å²) in [4.78, 5) is 16.5. The molecule has 0 atom stereocenters. The normalized spacial score (nSPS) is 16.2. The molecule has 4 heterocycles. The van der Waals surface area contributed by atoms with Crippen molar-refractivity contribution in [3.05, 3.63) is 46.6 Å². The van der Waals surface area contributed by atoms with Crippen molar-refractivity contribution in [3.8, 4) is 0 Å². The van der Waals surface area contributed by atoms with Crippen molar-refractivity contribution in [2.45, 2.75) is 18.9 Å². The molecule has 1 aliphatic rings. The zero-order valence-corrected chi connectivity index (χ0v) is 13.3. The topological polar surface area (TPSA) is 72.8 Å². The van der Waals surface area contributed by atoms with Crippen LogP contribution in [0.2, 0.25) is 0 Å². The van der Waals surface area contributed by atoms with Crippen LogP contribution < -0.4 is 5.56 Å². The molecule has 3 aromatic heterocycles. The molecular formula is C18H15FN4O2. The van der Waals surface area contributed by atoms with Crippen LogP contribution in [0, 0.1) is 5.82 Å². The zero-order chi connectivity index (χ0) is 17.0. The molecule has 1 aliphatic heterocycles. The van der Waals surface area contributed by atoms with Gasteiger partial charge in [-0.05, 0) is 37.1 Å². The van der Waals surface area contributed by atoms with Gasteiger partial charge in [0.25, 0.3) is 5.56 Å². The number of ether oxygens (including phenoxy) is 1. The van der Waals surface area contributed by atoms with Crippen molar-refractivity contribution in [3.63, 3.8) is 0 Å². The van der Waals surface area contributed by atoms with E-state index < -0.39 is 5.82 Å². The van der Waals surface area contributed by atoms with Gasteiger partial charge in [0.2, 0.25) is 0 Å². The third kappa shape index (κ3) is 2.09. The van der Waals surface area contributed by atoms with Crippen molar-refractivity contribution in [2.75, 3.05) is 13.2 Å². The number of hydrogen-bond donors (Lipinski definition) is 1. The highest BCUT2D eigenvalue weighted by atomic mass is 19.1. The number of rotatable bonds is 1. The second-order valence-electron chi connectivity index (χ2n) is 6.34. The number of pyridine rings is 1. The number of fused-ring (bicyclic) bond motifs is 2. The SMILES string of the molecule is O=c1c2ccc(F)cc2c2nnc3cc[nH]c(c32)n1C1CCOCC1. The van der Waals surface area contributed by atoms with Crippen LogP contribution in [0.5, 0.6) is 0 Å². The van der Waals surface area contributed by atoms with E-state index in [2.05, 4.69) is 15.2 Å². The van der Waals surface area contributed by atoms with Crippen molar-refractivity contribution in [1.29, 1.82) is 0 Å². The molecule has 5 rings (SSSR count). The molecule has 1 N–H and O–H groups in total. The van der Waals surface area contributed by atoms with Gasteiger partial charge in [-0.2, -0.15) is 0 Å². The maximum Gasteiger partial charge on any atom is 0.260 e. The molecule has 4 aromatic rings. The maximum absolute atomic E-state index is 13.9. The second-order valence-corrected chi connectivity index (χ2v) is 6.34. The average Bonchev–Trinajstić information content (AvgIpc) is 3.03. The monoisotopic (exact) mass is 338 g/mol. The fraction of sp³-hybridized carbons (Fsp3) is 0.278. The molecule has 1 fully saturated rings. The fourth-order valence-electron chi connectivity index (χ4n) is 3.75. The number of H-pyrrole nitrogens is 1. The van der Waals surface area contributed by atoms with E-state index in [4.69, 9.17) is 4.74 Å². The summed E-state index contributed by atoms with van der Waals surface area (Å²) in [7, 11) is 0. The first-order valence-electron chi connectivity index (χ1n) is 8.29. The summed E-state index contributed by atoms with van der Waals surface area (Å²) in [6, 6.07) is 6.03. The summed E-state index contributed by atoms with van der Waals surface area (Å²) in [6.45, 7) is 1.23. The van der Waals surface area contributed by atoms with Crippen LogP contribution in [0.15, 0.2) is 35.3 Å². The van der Waals surface area contributed by atoms with Crippen LogP contribution in [0.1, 0.15) is 18.9 Å². The highest BCUT2D eigenvalue weighted by Gasteiger charge is 2.22. The first-order valence-corrected chi connectivity index (χ1v) is 8.29. The smallest absolute Gasteiger partial charge is 0.260 e. The van der Waals surface area contributed by atoms with E-state index in [0.29, 0.717) is 40.7 Å². The number of nitrogens with one attached hydrogen (secondary N) is 1. The molecule has 0 bridgehead atoms. The molecule has 0 amide bonds. The first kappa shape index (κ1) is 14.5. The van der Waals surface area contributed by atoms with Crippen LogP contribution in [0.4, 0.5) is 4.39 Å². The van der Waals surface area contributed by atoms with E-state index in [1.807, 2.05) is 6.07 Å². The minimum Gasteiger partial charge on any atom is -0.381 e. The number of benzene rings is 1. The number of aromatic nitrogens is 4. The van der Waals surface area contributed by atoms with Crippen LogP contribution in [0.3, 0.4) is 0 Å².